The van der Waals surface area contributed by atoms with Gasteiger partial charge in [0.05, 0.1) is 13.2 Å². The molecule has 154 valence electrons. The van der Waals surface area contributed by atoms with Crippen LogP contribution in [0.15, 0.2) is 55.4 Å². The Morgan fingerprint density at radius 1 is 1.34 bits per heavy atom. The van der Waals surface area contributed by atoms with Crippen LogP contribution in [-0.2, 0) is 22.5 Å². The van der Waals surface area contributed by atoms with Crippen molar-refractivity contribution in [3.63, 3.8) is 0 Å². The molecule has 29 heavy (non-hydrogen) atoms. The highest BCUT2D eigenvalue weighted by Gasteiger charge is 2.23. The lowest BCUT2D eigenvalue weighted by molar-refractivity contribution is -0.135. The third-order valence-corrected chi connectivity index (χ3v) is 4.86. The molecule has 1 aliphatic heterocycles. The molecular weight excluding hydrogens is 368 g/mol. The van der Waals surface area contributed by atoms with Gasteiger partial charge in [0, 0.05) is 32.1 Å². The fourth-order valence-electron chi connectivity index (χ4n) is 3.36. The molecule has 1 aromatic heterocycles. The zero-order valence-electron chi connectivity index (χ0n) is 16.9. The Kier molecular flexibility index (Phi) is 7.64. The number of hydrogen-bond donors (Lipinski definition) is 0. The van der Waals surface area contributed by atoms with Gasteiger partial charge in [0.25, 0.3) is 5.91 Å². The van der Waals surface area contributed by atoms with E-state index in [2.05, 4.69) is 11.6 Å². The summed E-state index contributed by atoms with van der Waals surface area (Å²) in [6.07, 6.45) is 8.15. The van der Waals surface area contributed by atoms with Gasteiger partial charge in [0.15, 0.2) is 18.1 Å². The van der Waals surface area contributed by atoms with E-state index >= 15 is 0 Å². The van der Waals surface area contributed by atoms with Crippen LogP contribution in [0.4, 0.5) is 0 Å². The van der Waals surface area contributed by atoms with E-state index in [9.17, 15) is 4.79 Å². The van der Waals surface area contributed by atoms with Crippen molar-refractivity contribution in [3.05, 3.63) is 66.5 Å². The number of nitrogens with zero attached hydrogens (tertiary/aromatic N) is 2. The van der Waals surface area contributed by atoms with E-state index in [1.807, 2.05) is 36.4 Å². The standard InChI is InChI=1S/C23H28N2O4/c1-3-6-18-9-10-21(22(13-18)27-2)29-17-23(26)25(16-20-8-5-12-28-20)15-19-7-4-11-24-14-19/h3-4,7,9-11,13-14,20H,1,5-6,8,12,15-17H2,2H3. The summed E-state index contributed by atoms with van der Waals surface area (Å²) < 4.78 is 17.0. The van der Waals surface area contributed by atoms with Crippen LogP contribution in [0, 0.1) is 0 Å². The van der Waals surface area contributed by atoms with Gasteiger partial charge in [0.2, 0.25) is 0 Å². The van der Waals surface area contributed by atoms with Gasteiger partial charge in [-0.05, 0) is 48.6 Å². The summed E-state index contributed by atoms with van der Waals surface area (Å²) in [5.74, 6) is 1.06. The smallest absolute Gasteiger partial charge is 0.260 e. The van der Waals surface area contributed by atoms with E-state index in [0.717, 1.165) is 37.0 Å². The van der Waals surface area contributed by atoms with Gasteiger partial charge in [0.1, 0.15) is 0 Å². The van der Waals surface area contributed by atoms with Crippen LogP contribution in [0.25, 0.3) is 0 Å². The molecule has 3 rings (SSSR count). The highest BCUT2D eigenvalue weighted by atomic mass is 16.5. The summed E-state index contributed by atoms with van der Waals surface area (Å²) >= 11 is 0. The summed E-state index contributed by atoms with van der Waals surface area (Å²) in [7, 11) is 1.59. The van der Waals surface area contributed by atoms with Crippen molar-refractivity contribution >= 4 is 5.91 Å². The first kappa shape index (κ1) is 20.9. The minimum atomic E-state index is -0.0958. The van der Waals surface area contributed by atoms with Gasteiger partial charge >= 0.3 is 0 Å². The maximum absolute atomic E-state index is 12.9. The number of aromatic nitrogens is 1. The highest BCUT2D eigenvalue weighted by Crippen LogP contribution is 2.28. The van der Waals surface area contributed by atoms with Crippen molar-refractivity contribution in [3.8, 4) is 11.5 Å². The van der Waals surface area contributed by atoms with Crippen molar-refractivity contribution in [1.29, 1.82) is 0 Å². The van der Waals surface area contributed by atoms with Gasteiger partial charge in [-0.15, -0.1) is 6.58 Å². The summed E-state index contributed by atoms with van der Waals surface area (Å²) in [6, 6.07) is 9.52. The second kappa shape index (κ2) is 10.6. The van der Waals surface area contributed by atoms with Crippen LogP contribution in [0.3, 0.4) is 0 Å². The lowest BCUT2D eigenvalue weighted by Gasteiger charge is -2.25. The molecule has 1 unspecified atom stereocenters. The van der Waals surface area contributed by atoms with E-state index in [4.69, 9.17) is 14.2 Å². The zero-order chi connectivity index (χ0) is 20.5. The third-order valence-electron chi connectivity index (χ3n) is 4.86. The minimum Gasteiger partial charge on any atom is -0.493 e. The van der Waals surface area contributed by atoms with Crippen LogP contribution in [0.5, 0.6) is 11.5 Å². The number of methoxy groups -OCH3 is 1. The predicted molar refractivity (Wildman–Crippen MR) is 111 cm³/mol. The van der Waals surface area contributed by atoms with Crippen molar-refractivity contribution in [1.82, 2.24) is 9.88 Å². The molecule has 1 fully saturated rings. The van der Waals surface area contributed by atoms with Crippen LogP contribution in [-0.4, -0.2) is 48.8 Å². The number of ether oxygens (including phenoxy) is 3. The summed E-state index contributed by atoms with van der Waals surface area (Å²) in [5.41, 5.74) is 2.05. The maximum atomic E-state index is 12.9. The lowest BCUT2D eigenvalue weighted by Crippen LogP contribution is -2.39. The zero-order valence-corrected chi connectivity index (χ0v) is 16.9. The first-order chi connectivity index (χ1) is 14.2. The Morgan fingerprint density at radius 3 is 2.93 bits per heavy atom. The Bertz CT molecular complexity index is 804. The minimum absolute atomic E-state index is 0.0653. The van der Waals surface area contributed by atoms with E-state index in [-0.39, 0.29) is 18.6 Å². The monoisotopic (exact) mass is 396 g/mol. The Balaban J connectivity index is 1.66. The van der Waals surface area contributed by atoms with E-state index < -0.39 is 0 Å². The average molecular weight is 396 g/mol. The fraction of sp³-hybridized carbons (Fsp3) is 0.391. The molecule has 1 aromatic carbocycles. The van der Waals surface area contributed by atoms with Crippen LogP contribution >= 0.6 is 0 Å². The number of hydrogen-bond acceptors (Lipinski definition) is 5. The van der Waals surface area contributed by atoms with E-state index in [0.29, 0.717) is 24.6 Å². The second-order valence-corrected chi connectivity index (χ2v) is 7.04. The van der Waals surface area contributed by atoms with E-state index in [1.54, 1.807) is 24.4 Å². The molecule has 0 radical (unpaired) electrons. The molecule has 2 aromatic rings. The number of amides is 1. The van der Waals surface area contributed by atoms with Crippen molar-refractivity contribution in [2.45, 2.75) is 31.9 Å². The summed E-state index contributed by atoms with van der Waals surface area (Å²) in [4.78, 5) is 18.9. The van der Waals surface area contributed by atoms with Crippen LogP contribution < -0.4 is 9.47 Å². The lowest BCUT2D eigenvalue weighted by atomic mass is 10.1. The molecule has 0 aliphatic carbocycles. The molecular formula is C23H28N2O4. The third kappa shape index (κ3) is 6.06. The molecule has 2 heterocycles. The number of pyridine rings is 1. The number of benzene rings is 1. The van der Waals surface area contributed by atoms with Gasteiger partial charge in [-0.3, -0.25) is 9.78 Å². The molecule has 1 saturated heterocycles. The van der Waals surface area contributed by atoms with E-state index in [1.165, 1.54) is 0 Å². The quantitative estimate of drug-likeness (QED) is 0.576. The van der Waals surface area contributed by atoms with Gasteiger partial charge in [-0.2, -0.15) is 0 Å². The number of rotatable bonds is 10. The summed E-state index contributed by atoms with van der Waals surface area (Å²) in [5, 5.41) is 0. The Labute approximate surface area is 172 Å². The van der Waals surface area contributed by atoms with Crippen LogP contribution in [0.2, 0.25) is 0 Å². The number of carbonyl (C=O) groups is 1. The molecule has 0 bridgehead atoms. The molecule has 0 N–H and O–H groups in total. The molecule has 6 nitrogen and oxygen atoms in total. The molecule has 1 atom stereocenters. The molecule has 1 amide bonds. The summed E-state index contributed by atoms with van der Waals surface area (Å²) in [6.45, 7) is 5.47. The molecule has 0 spiro atoms. The Hall–Kier alpha value is -2.86. The normalized spacial score (nSPS) is 15.7. The van der Waals surface area contributed by atoms with Crippen molar-refractivity contribution < 1.29 is 19.0 Å². The number of carbonyl (C=O) groups excluding carboxylic acids is 1. The van der Waals surface area contributed by atoms with Crippen molar-refractivity contribution in [2.24, 2.45) is 0 Å². The molecule has 0 saturated carbocycles. The van der Waals surface area contributed by atoms with Crippen LogP contribution in [0.1, 0.15) is 24.0 Å². The highest BCUT2D eigenvalue weighted by molar-refractivity contribution is 5.78. The first-order valence-electron chi connectivity index (χ1n) is 9.88. The van der Waals surface area contributed by atoms with Crippen molar-refractivity contribution in [2.75, 3.05) is 26.9 Å². The molecule has 1 aliphatic rings. The number of allylic oxidation sites excluding steroid dienone is 1. The molecule has 6 heteroatoms. The topological polar surface area (TPSA) is 60.9 Å². The average Bonchev–Trinajstić information content (AvgIpc) is 3.26. The maximum Gasteiger partial charge on any atom is 0.260 e. The second-order valence-electron chi connectivity index (χ2n) is 7.04. The first-order valence-corrected chi connectivity index (χ1v) is 9.88. The SMILES string of the molecule is C=CCc1ccc(OCC(=O)N(Cc2cccnc2)CC2CCCO2)c(OC)c1. The largest absolute Gasteiger partial charge is 0.493 e. The van der Waals surface area contributed by atoms with Gasteiger partial charge < -0.3 is 19.1 Å². The van der Waals surface area contributed by atoms with Gasteiger partial charge in [-0.25, -0.2) is 0 Å². The predicted octanol–water partition coefficient (Wildman–Crippen LogP) is 3.41. The van der Waals surface area contributed by atoms with Gasteiger partial charge in [-0.1, -0.05) is 18.2 Å². The fourth-order valence-corrected chi connectivity index (χ4v) is 3.36. The Morgan fingerprint density at radius 2 is 2.24 bits per heavy atom.